The number of hydrogen-bond donors (Lipinski definition) is 0. The molecule has 0 aliphatic carbocycles. The number of imidazole rings is 1. The van der Waals surface area contributed by atoms with Crippen LogP contribution in [-0.2, 0) is 0 Å². The zero-order valence-corrected chi connectivity index (χ0v) is 11.1. The van der Waals surface area contributed by atoms with E-state index in [-0.39, 0.29) is 5.69 Å². The molecule has 0 bridgehead atoms. The Morgan fingerprint density at radius 1 is 1.20 bits per heavy atom. The van der Waals surface area contributed by atoms with Gasteiger partial charge in [0.15, 0.2) is 0 Å². The first-order valence-corrected chi connectivity index (χ1v) is 6.13. The third-order valence-corrected chi connectivity index (χ3v) is 3.11. The average molecular weight is 268 g/mol. The van der Waals surface area contributed by atoms with Crippen molar-refractivity contribution in [1.82, 2.24) is 14.4 Å². The number of aryl methyl sites for hydroxylation is 2. The molecule has 0 saturated heterocycles. The van der Waals surface area contributed by atoms with Crippen LogP contribution in [0.1, 0.15) is 11.4 Å². The van der Waals surface area contributed by atoms with Crippen molar-refractivity contribution in [1.29, 1.82) is 0 Å². The third kappa shape index (κ3) is 2.01. The first kappa shape index (κ1) is 12.3. The minimum absolute atomic E-state index is 0.0559. The Hall–Kier alpha value is -2.76. The van der Waals surface area contributed by atoms with E-state index in [1.165, 1.54) is 12.1 Å². The van der Waals surface area contributed by atoms with Gasteiger partial charge in [-0.3, -0.25) is 14.5 Å². The van der Waals surface area contributed by atoms with Crippen LogP contribution in [0.3, 0.4) is 0 Å². The number of benzene rings is 1. The van der Waals surface area contributed by atoms with E-state index < -0.39 is 4.92 Å². The molecule has 0 spiro atoms. The van der Waals surface area contributed by atoms with Crippen molar-refractivity contribution in [3.05, 3.63) is 58.0 Å². The van der Waals surface area contributed by atoms with Gasteiger partial charge in [0, 0.05) is 35.3 Å². The highest BCUT2D eigenvalue weighted by Crippen LogP contribution is 2.23. The molecule has 3 rings (SSSR count). The van der Waals surface area contributed by atoms with Gasteiger partial charge in [-0.15, -0.1) is 0 Å². The molecule has 0 unspecified atom stereocenters. The SMILES string of the molecule is Cc1cc(C)n2cc(-c3cccc([N+](=O)[O-])c3)nc2n1. The summed E-state index contributed by atoms with van der Waals surface area (Å²) in [7, 11) is 0. The standard InChI is InChI=1S/C14H12N4O2/c1-9-6-10(2)17-8-13(16-14(17)15-9)11-4-3-5-12(7-11)18(19)20/h3-8H,1-2H3. The summed E-state index contributed by atoms with van der Waals surface area (Å²) in [5.41, 5.74) is 3.36. The van der Waals surface area contributed by atoms with Crippen molar-refractivity contribution in [3.63, 3.8) is 0 Å². The second kappa shape index (κ2) is 4.41. The van der Waals surface area contributed by atoms with E-state index in [1.54, 1.807) is 12.1 Å². The summed E-state index contributed by atoms with van der Waals surface area (Å²) >= 11 is 0. The van der Waals surface area contributed by atoms with E-state index in [1.807, 2.05) is 30.5 Å². The number of fused-ring (bicyclic) bond motifs is 1. The number of hydrogen-bond acceptors (Lipinski definition) is 4. The lowest BCUT2D eigenvalue weighted by Gasteiger charge is -1.98. The monoisotopic (exact) mass is 268 g/mol. The van der Waals surface area contributed by atoms with Crippen molar-refractivity contribution in [2.75, 3.05) is 0 Å². The second-order valence-corrected chi connectivity index (χ2v) is 4.64. The molecule has 20 heavy (non-hydrogen) atoms. The normalized spacial score (nSPS) is 10.9. The summed E-state index contributed by atoms with van der Waals surface area (Å²) in [5, 5.41) is 10.8. The number of aromatic nitrogens is 3. The van der Waals surface area contributed by atoms with Crippen LogP contribution >= 0.6 is 0 Å². The summed E-state index contributed by atoms with van der Waals surface area (Å²) in [4.78, 5) is 19.2. The predicted molar refractivity (Wildman–Crippen MR) is 74.6 cm³/mol. The summed E-state index contributed by atoms with van der Waals surface area (Å²) < 4.78 is 1.88. The number of nitro benzene ring substituents is 1. The van der Waals surface area contributed by atoms with Gasteiger partial charge in [0.25, 0.3) is 5.69 Å². The number of nitrogens with zero attached hydrogens (tertiary/aromatic N) is 4. The van der Waals surface area contributed by atoms with Crippen LogP contribution in [0.4, 0.5) is 5.69 Å². The average Bonchev–Trinajstić information content (AvgIpc) is 2.83. The molecule has 0 fully saturated rings. The first-order valence-electron chi connectivity index (χ1n) is 6.13. The number of rotatable bonds is 2. The molecule has 1 aromatic carbocycles. The van der Waals surface area contributed by atoms with Crippen molar-refractivity contribution >= 4 is 11.5 Å². The molecule has 0 amide bonds. The van der Waals surface area contributed by atoms with Crippen LogP contribution in [0.2, 0.25) is 0 Å². The Morgan fingerprint density at radius 2 is 2.00 bits per heavy atom. The molecule has 6 heteroatoms. The molecule has 0 radical (unpaired) electrons. The molecule has 0 aliphatic rings. The largest absolute Gasteiger partial charge is 0.288 e. The lowest BCUT2D eigenvalue weighted by Crippen LogP contribution is -1.94. The van der Waals surface area contributed by atoms with E-state index in [0.717, 1.165) is 11.4 Å². The second-order valence-electron chi connectivity index (χ2n) is 4.64. The molecule has 6 nitrogen and oxygen atoms in total. The third-order valence-electron chi connectivity index (χ3n) is 3.11. The van der Waals surface area contributed by atoms with Crippen molar-refractivity contribution < 1.29 is 4.92 Å². The fourth-order valence-corrected chi connectivity index (χ4v) is 2.19. The lowest BCUT2D eigenvalue weighted by atomic mass is 10.1. The molecule has 0 aliphatic heterocycles. The number of nitro groups is 1. The van der Waals surface area contributed by atoms with Gasteiger partial charge in [0.2, 0.25) is 5.78 Å². The minimum Gasteiger partial charge on any atom is -0.288 e. The highest BCUT2D eigenvalue weighted by molar-refractivity contribution is 5.64. The maximum Gasteiger partial charge on any atom is 0.270 e. The Labute approximate surface area is 114 Å². The van der Waals surface area contributed by atoms with Crippen LogP contribution in [0.5, 0.6) is 0 Å². The minimum atomic E-state index is -0.410. The molecule has 100 valence electrons. The summed E-state index contributed by atoms with van der Waals surface area (Å²) in [6.07, 6.45) is 1.84. The summed E-state index contributed by atoms with van der Waals surface area (Å²) in [6, 6.07) is 8.41. The van der Waals surface area contributed by atoms with Crippen molar-refractivity contribution in [2.24, 2.45) is 0 Å². The molecular formula is C14H12N4O2. The highest BCUT2D eigenvalue weighted by Gasteiger charge is 2.11. The van der Waals surface area contributed by atoms with E-state index >= 15 is 0 Å². The van der Waals surface area contributed by atoms with E-state index in [9.17, 15) is 10.1 Å². The Bertz CT molecular complexity index is 823. The lowest BCUT2D eigenvalue weighted by molar-refractivity contribution is -0.384. The Morgan fingerprint density at radius 3 is 2.75 bits per heavy atom. The molecule has 2 heterocycles. The molecule has 3 aromatic rings. The zero-order chi connectivity index (χ0) is 14.3. The van der Waals surface area contributed by atoms with Crippen LogP contribution < -0.4 is 0 Å². The Kier molecular flexibility index (Phi) is 2.71. The molecule has 0 atom stereocenters. The predicted octanol–water partition coefficient (Wildman–Crippen LogP) is 2.92. The summed E-state index contributed by atoms with van der Waals surface area (Å²) in [6.45, 7) is 3.88. The maximum atomic E-state index is 10.8. The van der Waals surface area contributed by atoms with Gasteiger partial charge in [-0.2, -0.15) is 0 Å². The quantitative estimate of drug-likeness (QED) is 0.529. The number of non-ortho nitro benzene ring substituents is 1. The molecule has 0 N–H and O–H groups in total. The van der Waals surface area contributed by atoms with Crippen LogP contribution in [0.15, 0.2) is 36.5 Å². The molecule has 2 aromatic heterocycles. The van der Waals surface area contributed by atoms with E-state index in [4.69, 9.17) is 0 Å². The molecule has 0 saturated carbocycles. The summed E-state index contributed by atoms with van der Waals surface area (Å²) in [5.74, 6) is 0.601. The van der Waals surface area contributed by atoms with Gasteiger partial charge in [0.05, 0.1) is 10.6 Å². The zero-order valence-electron chi connectivity index (χ0n) is 11.1. The van der Waals surface area contributed by atoms with Gasteiger partial charge >= 0.3 is 0 Å². The van der Waals surface area contributed by atoms with Crippen LogP contribution in [0.25, 0.3) is 17.0 Å². The van der Waals surface area contributed by atoms with Gasteiger partial charge in [-0.1, -0.05) is 12.1 Å². The van der Waals surface area contributed by atoms with Crippen LogP contribution in [0, 0.1) is 24.0 Å². The highest BCUT2D eigenvalue weighted by atomic mass is 16.6. The van der Waals surface area contributed by atoms with Crippen molar-refractivity contribution in [3.8, 4) is 11.3 Å². The fraction of sp³-hybridized carbons (Fsp3) is 0.143. The van der Waals surface area contributed by atoms with E-state index in [2.05, 4.69) is 9.97 Å². The topological polar surface area (TPSA) is 73.3 Å². The van der Waals surface area contributed by atoms with E-state index in [0.29, 0.717) is 17.0 Å². The van der Waals surface area contributed by atoms with Gasteiger partial charge in [-0.05, 0) is 19.9 Å². The van der Waals surface area contributed by atoms with Gasteiger partial charge in [0.1, 0.15) is 0 Å². The smallest absolute Gasteiger partial charge is 0.270 e. The Balaban J connectivity index is 2.17. The maximum absolute atomic E-state index is 10.8. The van der Waals surface area contributed by atoms with Gasteiger partial charge < -0.3 is 0 Å². The first-order chi connectivity index (χ1) is 9.54. The molecular weight excluding hydrogens is 256 g/mol. The van der Waals surface area contributed by atoms with Crippen molar-refractivity contribution in [2.45, 2.75) is 13.8 Å². The fourth-order valence-electron chi connectivity index (χ4n) is 2.19. The van der Waals surface area contributed by atoms with Gasteiger partial charge in [-0.25, -0.2) is 9.97 Å². The van der Waals surface area contributed by atoms with Crippen LogP contribution in [-0.4, -0.2) is 19.3 Å².